The zero-order valence-corrected chi connectivity index (χ0v) is 14.9. The lowest BCUT2D eigenvalue weighted by atomic mass is 9.99. The highest BCUT2D eigenvalue weighted by Crippen LogP contribution is 2.27. The zero-order chi connectivity index (χ0) is 17.9. The van der Waals surface area contributed by atoms with Crippen LogP contribution in [0.5, 0.6) is 0 Å². The van der Waals surface area contributed by atoms with Gasteiger partial charge in [0.25, 0.3) is 0 Å². The minimum Gasteiger partial charge on any atom is -0.341 e. The third-order valence-electron chi connectivity index (χ3n) is 4.52. The quantitative estimate of drug-likeness (QED) is 0.692. The average molecular weight is 368 g/mol. The summed E-state index contributed by atoms with van der Waals surface area (Å²) in [5.74, 6) is 1.50. The van der Waals surface area contributed by atoms with Crippen molar-refractivity contribution in [3.8, 4) is 0 Å². The lowest BCUT2D eigenvalue weighted by Crippen LogP contribution is -2.49. The van der Waals surface area contributed by atoms with Crippen LogP contribution >= 0.6 is 11.6 Å². The Morgan fingerprint density at radius 1 is 1.12 bits per heavy atom. The molecule has 3 aromatic rings. The highest BCUT2D eigenvalue weighted by Gasteiger charge is 2.35. The van der Waals surface area contributed by atoms with Crippen LogP contribution in [0.2, 0.25) is 5.02 Å². The first kappa shape index (κ1) is 16.8. The fourth-order valence-corrected chi connectivity index (χ4v) is 3.27. The Morgan fingerprint density at radius 2 is 1.88 bits per heavy atom. The molecule has 26 heavy (non-hydrogen) atoms. The Bertz CT molecular complexity index is 904. The van der Waals surface area contributed by atoms with Gasteiger partial charge < -0.3 is 9.42 Å². The van der Waals surface area contributed by atoms with Crippen LogP contribution < -0.4 is 0 Å². The molecule has 1 aliphatic heterocycles. The maximum absolute atomic E-state index is 12.3. The summed E-state index contributed by atoms with van der Waals surface area (Å²) in [6.07, 6.45) is 1.00. The van der Waals surface area contributed by atoms with Crippen LogP contribution in [0, 0.1) is 0 Å². The normalized spacial score (nSPS) is 14.3. The Kier molecular flexibility index (Phi) is 4.71. The fourth-order valence-electron chi connectivity index (χ4n) is 3.06. The number of likely N-dealkylation sites (tertiary alicyclic amines) is 1. The second kappa shape index (κ2) is 7.30. The third kappa shape index (κ3) is 3.78. The van der Waals surface area contributed by atoms with Crippen molar-refractivity contribution in [3.05, 3.63) is 82.5 Å². The number of rotatable bonds is 5. The van der Waals surface area contributed by atoms with E-state index in [9.17, 15) is 4.79 Å². The van der Waals surface area contributed by atoms with Crippen LogP contribution in [-0.4, -0.2) is 34.0 Å². The molecule has 0 spiro atoms. The van der Waals surface area contributed by atoms with E-state index in [0.29, 0.717) is 42.7 Å². The Morgan fingerprint density at radius 3 is 2.65 bits per heavy atom. The van der Waals surface area contributed by atoms with Crippen LogP contribution in [0.25, 0.3) is 0 Å². The Labute approximate surface area is 156 Å². The van der Waals surface area contributed by atoms with E-state index in [1.54, 1.807) is 6.07 Å². The average Bonchev–Trinajstić information content (AvgIpc) is 3.02. The molecule has 4 rings (SSSR count). The summed E-state index contributed by atoms with van der Waals surface area (Å²) in [4.78, 5) is 18.6. The van der Waals surface area contributed by atoms with E-state index in [-0.39, 0.29) is 11.8 Å². The zero-order valence-electron chi connectivity index (χ0n) is 14.1. The number of aromatic nitrogens is 2. The largest absolute Gasteiger partial charge is 0.341 e. The van der Waals surface area contributed by atoms with Gasteiger partial charge in [0.2, 0.25) is 11.8 Å². The summed E-state index contributed by atoms with van der Waals surface area (Å²) in [5.41, 5.74) is 2.07. The van der Waals surface area contributed by atoms with Crippen molar-refractivity contribution in [3.63, 3.8) is 0 Å². The molecule has 0 aliphatic carbocycles. The molecule has 2 heterocycles. The molecule has 6 heteroatoms. The van der Waals surface area contributed by atoms with Gasteiger partial charge in [0.15, 0.2) is 5.82 Å². The molecule has 0 N–H and O–H groups in total. The number of amides is 1. The first-order valence-electron chi connectivity index (χ1n) is 8.56. The molecule has 0 atom stereocenters. The van der Waals surface area contributed by atoms with Gasteiger partial charge in [-0.15, -0.1) is 0 Å². The molecule has 132 valence electrons. The maximum atomic E-state index is 12.3. The minimum absolute atomic E-state index is 0.0903. The van der Waals surface area contributed by atoms with Gasteiger partial charge in [-0.1, -0.05) is 59.2 Å². The summed E-state index contributed by atoms with van der Waals surface area (Å²) in [5, 5.41) is 4.70. The van der Waals surface area contributed by atoms with Crippen molar-refractivity contribution in [2.24, 2.45) is 0 Å². The van der Waals surface area contributed by atoms with Gasteiger partial charge in [0.1, 0.15) is 0 Å². The van der Waals surface area contributed by atoms with Crippen LogP contribution in [-0.2, 0) is 17.6 Å². The van der Waals surface area contributed by atoms with E-state index in [0.717, 1.165) is 11.1 Å². The summed E-state index contributed by atoms with van der Waals surface area (Å²) < 4.78 is 5.39. The van der Waals surface area contributed by atoms with Crippen LogP contribution in [0.1, 0.15) is 28.8 Å². The van der Waals surface area contributed by atoms with Crippen LogP contribution in [0.4, 0.5) is 0 Å². The number of carbonyl (C=O) groups excluding carboxylic acids is 1. The minimum atomic E-state index is 0.0903. The standard InChI is InChI=1S/C20H18ClN3O2/c21-17-8-4-7-15(9-17)11-19(25)24-12-16(13-24)20-22-18(23-26-20)10-14-5-2-1-3-6-14/h1-9,16H,10-13H2. The van der Waals surface area contributed by atoms with Crippen LogP contribution in [0.15, 0.2) is 59.1 Å². The molecule has 1 fully saturated rings. The summed E-state index contributed by atoms with van der Waals surface area (Å²) in [6.45, 7) is 1.23. The lowest BCUT2D eigenvalue weighted by molar-refractivity contribution is -0.135. The molecular weight excluding hydrogens is 350 g/mol. The molecule has 1 aliphatic rings. The summed E-state index contributed by atoms with van der Waals surface area (Å²) in [7, 11) is 0. The highest BCUT2D eigenvalue weighted by atomic mass is 35.5. The van der Waals surface area contributed by atoms with E-state index in [4.69, 9.17) is 16.1 Å². The van der Waals surface area contributed by atoms with E-state index >= 15 is 0 Å². The Hall–Kier alpha value is -2.66. The van der Waals surface area contributed by atoms with E-state index in [1.165, 1.54) is 0 Å². The van der Waals surface area contributed by atoms with Crippen LogP contribution in [0.3, 0.4) is 0 Å². The number of nitrogens with zero attached hydrogens (tertiary/aromatic N) is 3. The topological polar surface area (TPSA) is 59.2 Å². The van der Waals surface area contributed by atoms with Gasteiger partial charge in [-0.05, 0) is 23.3 Å². The summed E-state index contributed by atoms with van der Waals surface area (Å²) in [6, 6.07) is 17.4. The first-order chi connectivity index (χ1) is 12.7. The smallest absolute Gasteiger partial charge is 0.233 e. The molecular formula is C20H18ClN3O2. The third-order valence-corrected chi connectivity index (χ3v) is 4.75. The molecule has 5 nitrogen and oxygen atoms in total. The van der Waals surface area contributed by atoms with Gasteiger partial charge in [-0.25, -0.2) is 0 Å². The van der Waals surface area contributed by atoms with E-state index in [2.05, 4.69) is 10.1 Å². The maximum Gasteiger partial charge on any atom is 0.233 e. The molecule has 0 unspecified atom stereocenters. The molecule has 0 bridgehead atoms. The monoisotopic (exact) mass is 367 g/mol. The fraction of sp³-hybridized carbons (Fsp3) is 0.250. The van der Waals surface area contributed by atoms with Crippen molar-refractivity contribution >= 4 is 17.5 Å². The molecule has 0 saturated carbocycles. The molecule has 1 aromatic heterocycles. The van der Waals surface area contributed by atoms with Gasteiger partial charge in [0, 0.05) is 24.5 Å². The predicted octanol–water partition coefficient (Wildman–Crippen LogP) is 3.48. The number of halogens is 1. The van der Waals surface area contributed by atoms with Crippen molar-refractivity contribution in [1.29, 1.82) is 0 Å². The first-order valence-corrected chi connectivity index (χ1v) is 8.94. The lowest BCUT2D eigenvalue weighted by Gasteiger charge is -2.37. The van der Waals surface area contributed by atoms with E-state index < -0.39 is 0 Å². The summed E-state index contributed by atoms with van der Waals surface area (Å²) >= 11 is 5.97. The Balaban J connectivity index is 1.31. The van der Waals surface area contributed by atoms with Gasteiger partial charge in [-0.2, -0.15) is 4.98 Å². The number of hydrogen-bond donors (Lipinski definition) is 0. The van der Waals surface area contributed by atoms with Gasteiger partial charge >= 0.3 is 0 Å². The molecule has 2 aromatic carbocycles. The number of benzene rings is 2. The predicted molar refractivity (Wildman–Crippen MR) is 98.0 cm³/mol. The van der Waals surface area contributed by atoms with Crippen molar-refractivity contribution in [1.82, 2.24) is 15.0 Å². The highest BCUT2D eigenvalue weighted by molar-refractivity contribution is 6.30. The number of hydrogen-bond acceptors (Lipinski definition) is 4. The number of carbonyl (C=O) groups is 1. The second-order valence-corrected chi connectivity index (χ2v) is 6.95. The molecule has 0 radical (unpaired) electrons. The van der Waals surface area contributed by atoms with Crippen molar-refractivity contribution < 1.29 is 9.32 Å². The van der Waals surface area contributed by atoms with E-state index in [1.807, 2.05) is 53.4 Å². The van der Waals surface area contributed by atoms with Gasteiger partial charge in [-0.3, -0.25) is 4.79 Å². The van der Waals surface area contributed by atoms with Crippen molar-refractivity contribution in [2.75, 3.05) is 13.1 Å². The molecule has 1 amide bonds. The molecule has 1 saturated heterocycles. The SMILES string of the molecule is O=C(Cc1cccc(Cl)c1)N1CC(c2nc(Cc3ccccc3)no2)C1. The van der Waals surface area contributed by atoms with Crippen molar-refractivity contribution in [2.45, 2.75) is 18.8 Å². The second-order valence-electron chi connectivity index (χ2n) is 6.51. The van der Waals surface area contributed by atoms with Gasteiger partial charge in [0.05, 0.1) is 12.3 Å².